The Morgan fingerprint density at radius 3 is 2.70 bits per heavy atom. The standard InChI is InChI=1S/C16H15ClN2O/c1-2-18-10-11-3-8-14-15(9-11)20-16(19-14)12-4-6-13(17)7-5-12/h3-9,18H,2,10H2,1H3. The topological polar surface area (TPSA) is 38.1 Å². The highest BCUT2D eigenvalue weighted by Crippen LogP contribution is 2.26. The number of benzene rings is 2. The van der Waals surface area contributed by atoms with E-state index < -0.39 is 0 Å². The maximum atomic E-state index is 5.89. The fourth-order valence-electron chi connectivity index (χ4n) is 2.06. The van der Waals surface area contributed by atoms with Crippen molar-refractivity contribution in [2.75, 3.05) is 6.54 Å². The van der Waals surface area contributed by atoms with Crippen LogP contribution >= 0.6 is 11.6 Å². The lowest BCUT2D eigenvalue weighted by molar-refractivity contribution is 0.618. The van der Waals surface area contributed by atoms with Crippen molar-refractivity contribution in [2.24, 2.45) is 0 Å². The van der Waals surface area contributed by atoms with Gasteiger partial charge >= 0.3 is 0 Å². The van der Waals surface area contributed by atoms with Crippen molar-refractivity contribution in [1.29, 1.82) is 0 Å². The molecular formula is C16H15ClN2O. The molecule has 1 heterocycles. The lowest BCUT2D eigenvalue weighted by atomic mass is 10.2. The van der Waals surface area contributed by atoms with Crippen LogP contribution in [0.4, 0.5) is 0 Å². The van der Waals surface area contributed by atoms with Crippen LogP contribution in [0.15, 0.2) is 46.9 Å². The van der Waals surface area contributed by atoms with Crippen LogP contribution in [0, 0.1) is 0 Å². The third-order valence-corrected chi connectivity index (χ3v) is 3.38. The van der Waals surface area contributed by atoms with Crippen molar-refractivity contribution in [2.45, 2.75) is 13.5 Å². The minimum absolute atomic E-state index is 0.622. The number of oxazole rings is 1. The summed E-state index contributed by atoms with van der Waals surface area (Å²) in [4.78, 5) is 4.50. The summed E-state index contributed by atoms with van der Waals surface area (Å²) in [6.45, 7) is 3.87. The molecule has 0 fully saturated rings. The van der Waals surface area contributed by atoms with Gasteiger partial charge in [-0.25, -0.2) is 4.98 Å². The van der Waals surface area contributed by atoms with Crippen LogP contribution < -0.4 is 5.32 Å². The average Bonchev–Trinajstić information content (AvgIpc) is 2.89. The smallest absolute Gasteiger partial charge is 0.227 e. The van der Waals surface area contributed by atoms with E-state index in [1.54, 1.807) is 0 Å². The monoisotopic (exact) mass is 286 g/mol. The second-order valence-corrected chi connectivity index (χ2v) is 5.04. The van der Waals surface area contributed by atoms with E-state index in [9.17, 15) is 0 Å². The van der Waals surface area contributed by atoms with E-state index in [1.165, 1.54) is 5.56 Å². The molecule has 0 spiro atoms. The number of hydrogen-bond donors (Lipinski definition) is 1. The molecule has 3 rings (SSSR count). The Hall–Kier alpha value is -1.84. The first-order valence-corrected chi connectivity index (χ1v) is 7.00. The second kappa shape index (κ2) is 5.65. The minimum Gasteiger partial charge on any atom is -0.436 e. The van der Waals surface area contributed by atoms with Crippen LogP contribution in [0.2, 0.25) is 5.02 Å². The van der Waals surface area contributed by atoms with Gasteiger partial charge in [0, 0.05) is 17.1 Å². The van der Waals surface area contributed by atoms with Crippen molar-refractivity contribution >= 4 is 22.7 Å². The van der Waals surface area contributed by atoms with E-state index in [1.807, 2.05) is 36.4 Å². The predicted octanol–water partition coefficient (Wildman–Crippen LogP) is 4.26. The molecule has 0 radical (unpaired) electrons. The number of hydrogen-bond acceptors (Lipinski definition) is 3. The third kappa shape index (κ3) is 2.69. The summed E-state index contributed by atoms with van der Waals surface area (Å²) in [6.07, 6.45) is 0. The molecule has 0 saturated carbocycles. The van der Waals surface area contributed by atoms with E-state index in [-0.39, 0.29) is 0 Å². The van der Waals surface area contributed by atoms with Gasteiger partial charge in [-0.05, 0) is 48.5 Å². The molecule has 0 saturated heterocycles. The Morgan fingerprint density at radius 2 is 1.95 bits per heavy atom. The largest absolute Gasteiger partial charge is 0.436 e. The van der Waals surface area contributed by atoms with E-state index in [0.717, 1.165) is 29.8 Å². The molecule has 0 unspecified atom stereocenters. The van der Waals surface area contributed by atoms with Gasteiger partial charge in [0.25, 0.3) is 0 Å². The Morgan fingerprint density at radius 1 is 1.15 bits per heavy atom. The molecule has 0 aliphatic heterocycles. The fraction of sp³-hybridized carbons (Fsp3) is 0.188. The highest BCUT2D eigenvalue weighted by Gasteiger charge is 2.08. The zero-order valence-electron chi connectivity index (χ0n) is 11.2. The van der Waals surface area contributed by atoms with Crippen molar-refractivity contribution in [3.8, 4) is 11.5 Å². The highest BCUT2D eigenvalue weighted by atomic mass is 35.5. The maximum Gasteiger partial charge on any atom is 0.227 e. The summed E-state index contributed by atoms with van der Waals surface area (Å²) in [7, 11) is 0. The zero-order valence-corrected chi connectivity index (χ0v) is 11.9. The molecule has 4 heteroatoms. The van der Waals surface area contributed by atoms with E-state index in [2.05, 4.69) is 23.3 Å². The van der Waals surface area contributed by atoms with Gasteiger partial charge in [0.05, 0.1) is 0 Å². The molecule has 0 atom stereocenters. The first kappa shape index (κ1) is 13.2. The number of nitrogens with zero attached hydrogens (tertiary/aromatic N) is 1. The average molecular weight is 287 g/mol. The van der Waals surface area contributed by atoms with E-state index in [4.69, 9.17) is 16.0 Å². The molecule has 0 aliphatic carbocycles. The summed E-state index contributed by atoms with van der Waals surface area (Å²) in [5, 5.41) is 4.00. The number of halogens is 1. The van der Waals surface area contributed by atoms with Crippen molar-refractivity contribution < 1.29 is 4.42 Å². The Labute approximate surface area is 122 Å². The first-order chi connectivity index (χ1) is 9.76. The Balaban J connectivity index is 1.95. The van der Waals surface area contributed by atoms with Crippen molar-refractivity contribution in [1.82, 2.24) is 10.3 Å². The SMILES string of the molecule is CCNCc1ccc2nc(-c3ccc(Cl)cc3)oc2c1. The first-order valence-electron chi connectivity index (χ1n) is 6.62. The summed E-state index contributed by atoms with van der Waals surface area (Å²) >= 11 is 5.89. The molecule has 1 aromatic heterocycles. The fourth-order valence-corrected chi connectivity index (χ4v) is 2.19. The van der Waals surface area contributed by atoms with Gasteiger partial charge in [-0.15, -0.1) is 0 Å². The van der Waals surface area contributed by atoms with Gasteiger partial charge in [0.15, 0.2) is 5.58 Å². The molecule has 102 valence electrons. The van der Waals surface area contributed by atoms with Crippen molar-refractivity contribution in [3.63, 3.8) is 0 Å². The molecule has 3 aromatic rings. The molecule has 0 amide bonds. The molecule has 2 aromatic carbocycles. The van der Waals surface area contributed by atoms with Crippen LogP contribution in [0.1, 0.15) is 12.5 Å². The summed E-state index contributed by atoms with van der Waals surface area (Å²) in [5.41, 5.74) is 3.80. The molecule has 3 nitrogen and oxygen atoms in total. The van der Waals surface area contributed by atoms with Gasteiger partial charge in [-0.1, -0.05) is 24.6 Å². The lowest BCUT2D eigenvalue weighted by Gasteiger charge is -2.00. The predicted molar refractivity (Wildman–Crippen MR) is 81.8 cm³/mol. The van der Waals surface area contributed by atoms with Crippen LogP contribution in [0.5, 0.6) is 0 Å². The van der Waals surface area contributed by atoms with Crippen molar-refractivity contribution in [3.05, 3.63) is 53.1 Å². The van der Waals surface area contributed by atoms with Gasteiger partial charge in [-0.2, -0.15) is 0 Å². The van der Waals surface area contributed by atoms with E-state index >= 15 is 0 Å². The lowest BCUT2D eigenvalue weighted by Crippen LogP contribution is -2.11. The molecule has 0 bridgehead atoms. The van der Waals surface area contributed by atoms with Gasteiger partial charge < -0.3 is 9.73 Å². The molecular weight excluding hydrogens is 272 g/mol. The minimum atomic E-state index is 0.622. The maximum absolute atomic E-state index is 5.89. The summed E-state index contributed by atoms with van der Waals surface area (Å²) < 4.78 is 5.83. The van der Waals surface area contributed by atoms with Crippen LogP contribution in [0.25, 0.3) is 22.6 Å². The van der Waals surface area contributed by atoms with Crippen LogP contribution in [-0.2, 0) is 6.54 Å². The van der Waals surface area contributed by atoms with Gasteiger partial charge in [0.1, 0.15) is 5.52 Å². The van der Waals surface area contributed by atoms with Gasteiger partial charge in [0.2, 0.25) is 5.89 Å². The highest BCUT2D eigenvalue weighted by molar-refractivity contribution is 6.30. The third-order valence-electron chi connectivity index (χ3n) is 3.12. The number of nitrogens with one attached hydrogen (secondary N) is 1. The Bertz CT molecular complexity index is 719. The normalized spacial score (nSPS) is 11.1. The summed E-state index contributed by atoms with van der Waals surface area (Å²) in [6, 6.07) is 13.6. The van der Waals surface area contributed by atoms with Crippen LogP contribution in [0.3, 0.4) is 0 Å². The number of rotatable bonds is 4. The molecule has 20 heavy (non-hydrogen) atoms. The number of aromatic nitrogens is 1. The second-order valence-electron chi connectivity index (χ2n) is 4.61. The zero-order chi connectivity index (χ0) is 13.9. The van der Waals surface area contributed by atoms with E-state index in [0.29, 0.717) is 10.9 Å². The summed E-state index contributed by atoms with van der Waals surface area (Å²) in [5.74, 6) is 0.622. The van der Waals surface area contributed by atoms with Gasteiger partial charge in [-0.3, -0.25) is 0 Å². The molecule has 0 aliphatic rings. The quantitative estimate of drug-likeness (QED) is 0.779. The van der Waals surface area contributed by atoms with Crippen LogP contribution in [-0.4, -0.2) is 11.5 Å². The molecule has 1 N–H and O–H groups in total. The Kier molecular flexibility index (Phi) is 3.72. The number of fused-ring (bicyclic) bond motifs is 1.